The molecular formula is C16H15NO3. The number of nitrogens with two attached hydrogens (primary N) is 1. The van der Waals surface area contributed by atoms with Crippen molar-refractivity contribution in [2.75, 3.05) is 0 Å². The molecule has 1 unspecified atom stereocenters. The van der Waals surface area contributed by atoms with Crippen molar-refractivity contribution < 1.29 is 14.3 Å². The second-order valence-corrected chi connectivity index (χ2v) is 4.80. The van der Waals surface area contributed by atoms with Gasteiger partial charge in [0.2, 0.25) is 11.9 Å². The van der Waals surface area contributed by atoms with Gasteiger partial charge in [-0.05, 0) is 31.1 Å². The van der Waals surface area contributed by atoms with Crippen molar-refractivity contribution in [1.82, 2.24) is 0 Å². The lowest BCUT2D eigenvalue weighted by Gasteiger charge is -2.15. The van der Waals surface area contributed by atoms with Crippen LogP contribution in [-0.4, -0.2) is 11.9 Å². The summed E-state index contributed by atoms with van der Waals surface area (Å²) in [5.41, 5.74) is 8.16. The van der Waals surface area contributed by atoms with E-state index in [0.717, 1.165) is 17.5 Å². The smallest absolute Gasteiger partial charge is 0.220 e. The van der Waals surface area contributed by atoms with E-state index < -0.39 is 6.10 Å². The van der Waals surface area contributed by atoms with E-state index in [-0.39, 0.29) is 11.7 Å². The first-order valence-corrected chi connectivity index (χ1v) is 6.46. The summed E-state index contributed by atoms with van der Waals surface area (Å²) in [4.78, 5) is 12.5. The van der Waals surface area contributed by atoms with Crippen molar-refractivity contribution in [3.05, 3.63) is 65.4 Å². The zero-order valence-electron chi connectivity index (χ0n) is 11.1. The van der Waals surface area contributed by atoms with E-state index in [9.17, 15) is 4.79 Å². The minimum absolute atomic E-state index is 0.157. The first kappa shape index (κ1) is 12.5. The van der Waals surface area contributed by atoms with Crippen molar-refractivity contribution in [2.24, 2.45) is 5.73 Å². The highest BCUT2D eigenvalue weighted by Crippen LogP contribution is 2.32. The van der Waals surface area contributed by atoms with E-state index in [2.05, 4.69) is 0 Å². The molecule has 2 N–H and O–H groups in total. The number of rotatable bonds is 2. The third kappa shape index (κ3) is 2.09. The molecule has 0 saturated heterocycles. The standard InChI is InChI=1S/C16H15NO3/c1-10-5-4-6-11(9-10)13-14(18)15(20-16(13)17)12-7-2-3-8-19-12/h3-9,15H,2,17H2,1H3. The Hall–Kier alpha value is -2.49. The van der Waals surface area contributed by atoms with Gasteiger partial charge in [-0.2, -0.15) is 0 Å². The second-order valence-electron chi connectivity index (χ2n) is 4.80. The predicted octanol–water partition coefficient (Wildman–Crippen LogP) is 2.41. The highest BCUT2D eigenvalue weighted by Gasteiger charge is 2.38. The van der Waals surface area contributed by atoms with Gasteiger partial charge < -0.3 is 15.2 Å². The molecule has 20 heavy (non-hydrogen) atoms. The number of Topliss-reactive ketones (excluding diaryl/α,β-unsaturated/α-hetero) is 1. The Morgan fingerprint density at radius 1 is 1.35 bits per heavy atom. The van der Waals surface area contributed by atoms with Gasteiger partial charge in [0.05, 0.1) is 11.8 Å². The lowest BCUT2D eigenvalue weighted by molar-refractivity contribution is -0.119. The molecule has 0 aromatic heterocycles. The highest BCUT2D eigenvalue weighted by molar-refractivity contribution is 6.25. The van der Waals surface area contributed by atoms with Crippen molar-refractivity contribution >= 4 is 11.4 Å². The number of hydrogen-bond acceptors (Lipinski definition) is 4. The highest BCUT2D eigenvalue weighted by atomic mass is 16.5. The van der Waals surface area contributed by atoms with Gasteiger partial charge in [-0.15, -0.1) is 0 Å². The maximum atomic E-state index is 12.5. The summed E-state index contributed by atoms with van der Waals surface area (Å²) in [5, 5.41) is 0. The number of benzene rings is 1. The molecule has 4 nitrogen and oxygen atoms in total. The quantitative estimate of drug-likeness (QED) is 0.895. The van der Waals surface area contributed by atoms with Gasteiger partial charge in [0, 0.05) is 0 Å². The Bertz CT molecular complexity index is 655. The van der Waals surface area contributed by atoms with E-state index >= 15 is 0 Å². The molecule has 2 aliphatic heterocycles. The molecule has 0 radical (unpaired) electrons. The Balaban J connectivity index is 1.91. The molecule has 0 fully saturated rings. The van der Waals surface area contributed by atoms with Crippen LogP contribution in [-0.2, 0) is 14.3 Å². The summed E-state index contributed by atoms with van der Waals surface area (Å²) >= 11 is 0. The zero-order chi connectivity index (χ0) is 14.1. The Morgan fingerprint density at radius 2 is 2.20 bits per heavy atom. The SMILES string of the molecule is Cc1cccc(C2=C(N)OC(C3=CCC=CO3)C2=O)c1. The lowest BCUT2D eigenvalue weighted by atomic mass is 9.98. The monoisotopic (exact) mass is 269 g/mol. The number of ether oxygens (including phenoxy) is 2. The van der Waals surface area contributed by atoms with Crippen LogP contribution >= 0.6 is 0 Å². The van der Waals surface area contributed by atoms with Crippen LogP contribution < -0.4 is 5.73 Å². The fourth-order valence-electron chi connectivity index (χ4n) is 2.35. The van der Waals surface area contributed by atoms with Crippen molar-refractivity contribution in [3.63, 3.8) is 0 Å². The Labute approximate surface area is 117 Å². The van der Waals surface area contributed by atoms with E-state index in [4.69, 9.17) is 15.2 Å². The summed E-state index contributed by atoms with van der Waals surface area (Å²) in [5.74, 6) is 0.502. The largest absolute Gasteiger partial charge is 0.466 e. The van der Waals surface area contributed by atoms with Gasteiger partial charge in [0.1, 0.15) is 5.76 Å². The third-order valence-electron chi connectivity index (χ3n) is 3.30. The molecule has 1 atom stereocenters. The molecule has 102 valence electrons. The minimum Gasteiger partial charge on any atom is -0.466 e. The molecule has 2 aliphatic rings. The summed E-state index contributed by atoms with van der Waals surface area (Å²) in [6.07, 6.45) is 5.21. The summed E-state index contributed by atoms with van der Waals surface area (Å²) in [6, 6.07) is 7.64. The zero-order valence-corrected chi connectivity index (χ0v) is 11.1. The van der Waals surface area contributed by atoms with E-state index in [1.165, 1.54) is 0 Å². The van der Waals surface area contributed by atoms with Gasteiger partial charge in [0.15, 0.2) is 5.88 Å². The predicted molar refractivity (Wildman–Crippen MR) is 75.1 cm³/mol. The molecule has 3 rings (SSSR count). The van der Waals surface area contributed by atoms with Gasteiger partial charge in [-0.25, -0.2) is 0 Å². The summed E-state index contributed by atoms with van der Waals surface area (Å²) in [6.45, 7) is 1.97. The van der Waals surface area contributed by atoms with E-state index in [1.54, 1.807) is 6.26 Å². The number of carbonyl (C=O) groups is 1. The number of allylic oxidation sites excluding steroid dienone is 2. The molecule has 0 bridgehead atoms. The third-order valence-corrected chi connectivity index (χ3v) is 3.30. The topological polar surface area (TPSA) is 61.6 Å². The van der Waals surface area contributed by atoms with Crippen molar-refractivity contribution in [1.29, 1.82) is 0 Å². The fourth-order valence-corrected chi connectivity index (χ4v) is 2.35. The molecule has 2 heterocycles. The van der Waals surface area contributed by atoms with Crippen LogP contribution in [0.1, 0.15) is 17.5 Å². The molecule has 1 aromatic rings. The van der Waals surface area contributed by atoms with E-state index in [1.807, 2.05) is 43.3 Å². The van der Waals surface area contributed by atoms with Gasteiger partial charge in [-0.1, -0.05) is 29.8 Å². The van der Waals surface area contributed by atoms with Gasteiger partial charge in [-0.3, -0.25) is 4.79 Å². The molecule has 4 heteroatoms. The lowest BCUT2D eigenvalue weighted by Crippen LogP contribution is -2.22. The number of carbonyl (C=O) groups excluding carboxylic acids is 1. The molecule has 0 amide bonds. The van der Waals surface area contributed by atoms with Crippen LogP contribution in [0.25, 0.3) is 5.57 Å². The molecule has 1 aromatic carbocycles. The van der Waals surface area contributed by atoms with Crippen LogP contribution in [0, 0.1) is 6.92 Å². The van der Waals surface area contributed by atoms with Crippen LogP contribution in [0.3, 0.4) is 0 Å². The van der Waals surface area contributed by atoms with Crippen LogP contribution in [0.2, 0.25) is 0 Å². The van der Waals surface area contributed by atoms with Crippen molar-refractivity contribution in [2.45, 2.75) is 19.4 Å². The Morgan fingerprint density at radius 3 is 2.90 bits per heavy atom. The molecule has 0 saturated carbocycles. The fraction of sp³-hybridized carbons (Fsp3) is 0.188. The molecule has 0 aliphatic carbocycles. The maximum Gasteiger partial charge on any atom is 0.220 e. The average molecular weight is 269 g/mol. The van der Waals surface area contributed by atoms with Gasteiger partial charge >= 0.3 is 0 Å². The summed E-state index contributed by atoms with van der Waals surface area (Å²) < 4.78 is 10.8. The summed E-state index contributed by atoms with van der Waals surface area (Å²) in [7, 11) is 0. The van der Waals surface area contributed by atoms with Crippen LogP contribution in [0.4, 0.5) is 0 Å². The molecular weight excluding hydrogens is 254 g/mol. The average Bonchev–Trinajstić information content (AvgIpc) is 2.75. The minimum atomic E-state index is -0.768. The number of aryl methyl sites for hydroxylation is 1. The number of hydrogen-bond donors (Lipinski definition) is 1. The van der Waals surface area contributed by atoms with Crippen LogP contribution in [0.15, 0.2) is 54.3 Å². The first-order chi connectivity index (χ1) is 9.66. The maximum absolute atomic E-state index is 12.5. The van der Waals surface area contributed by atoms with Crippen LogP contribution in [0.5, 0.6) is 0 Å². The first-order valence-electron chi connectivity index (χ1n) is 6.46. The molecule has 0 spiro atoms. The Kier molecular flexibility index (Phi) is 3.06. The number of ketones is 1. The van der Waals surface area contributed by atoms with E-state index in [0.29, 0.717) is 11.3 Å². The second kappa shape index (κ2) is 4.89. The van der Waals surface area contributed by atoms with Gasteiger partial charge in [0.25, 0.3) is 0 Å². The normalized spacial score (nSPS) is 21.6. The van der Waals surface area contributed by atoms with Crippen molar-refractivity contribution in [3.8, 4) is 0 Å².